The number of carbonyl (C=O) groups excluding carboxylic acids is 2. The molecule has 0 unspecified atom stereocenters. The van der Waals surface area contributed by atoms with Gasteiger partial charge in [0.25, 0.3) is 5.56 Å². The topological polar surface area (TPSA) is 148 Å². The van der Waals surface area contributed by atoms with Crippen LogP contribution >= 0.6 is 0 Å². The highest BCUT2D eigenvalue weighted by atomic mass is 16.6. The van der Waals surface area contributed by atoms with Gasteiger partial charge in [-0.15, -0.1) is 0 Å². The molecule has 3 N–H and O–H groups in total. The Hall–Kier alpha value is -2.30. The van der Waals surface area contributed by atoms with E-state index in [9.17, 15) is 29.4 Å². The Bertz CT molecular complexity index is 1120. The lowest BCUT2D eigenvalue weighted by atomic mass is 9.86. The first kappa shape index (κ1) is 40.9. The second-order valence-corrected chi connectivity index (χ2v) is 13.5. The molecule has 47 heavy (non-hydrogen) atoms. The van der Waals surface area contributed by atoms with Crippen molar-refractivity contribution >= 4 is 11.8 Å². The predicted octanol–water partition coefficient (Wildman–Crippen LogP) is 7.04. The lowest BCUT2D eigenvalue weighted by molar-refractivity contribution is -0.173. The van der Waals surface area contributed by atoms with Gasteiger partial charge in [0.1, 0.15) is 6.10 Å². The molecule has 270 valence electrons. The number of ketones is 1. The fourth-order valence-electron chi connectivity index (χ4n) is 6.54. The molecular formula is C37H64N2O8. The second kappa shape index (κ2) is 23.9. The van der Waals surface area contributed by atoms with Crippen LogP contribution in [-0.4, -0.2) is 55.9 Å². The van der Waals surface area contributed by atoms with Crippen LogP contribution in [0, 0.1) is 0 Å². The Morgan fingerprint density at radius 1 is 0.766 bits per heavy atom. The average molecular weight is 665 g/mol. The molecule has 1 fully saturated rings. The maximum absolute atomic E-state index is 13.7. The van der Waals surface area contributed by atoms with Crippen LogP contribution < -0.4 is 11.2 Å². The monoisotopic (exact) mass is 664 g/mol. The van der Waals surface area contributed by atoms with Crippen molar-refractivity contribution < 1.29 is 29.3 Å². The molecule has 0 aliphatic carbocycles. The van der Waals surface area contributed by atoms with Gasteiger partial charge >= 0.3 is 11.7 Å². The maximum atomic E-state index is 13.7. The number of nitrogens with zero attached hydrogens (tertiary/aromatic N) is 1. The normalized spacial score (nSPS) is 20.9. The van der Waals surface area contributed by atoms with Crippen molar-refractivity contribution in [3.05, 3.63) is 33.1 Å². The first-order chi connectivity index (χ1) is 22.8. The van der Waals surface area contributed by atoms with Crippen LogP contribution in [0.5, 0.6) is 0 Å². The third-order valence-corrected chi connectivity index (χ3v) is 9.43. The van der Waals surface area contributed by atoms with Crippen molar-refractivity contribution in [2.75, 3.05) is 6.61 Å². The second-order valence-electron chi connectivity index (χ2n) is 13.5. The van der Waals surface area contributed by atoms with Crippen LogP contribution in [0.15, 0.2) is 21.9 Å². The van der Waals surface area contributed by atoms with E-state index in [4.69, 9.17) is 9.47 Å². The third kappa shape index (κ3) is 14.4. The maximum Gasteiger partial charge on any atom is 0.330 e. The van der Waals surface area contributed by atoms with Crippen LogP contribution in [-0.2, 0) is 19.1 Å². The van der Waals surface area contributed by atoms with E-state index in [1.807, 2.05) is 0 Å². The van der Waals surface area contributed by atoms with Gasteiger partial charge in [0, 0.05) is 25.1 Å². The largest absolute Gasteiger partial charge is 0.456 e. The van der Waals surface area contributed by atoms with E-state index in [1.165, 1.54) is 83.5 Å². The summed E-state index contributed by atoms with van der Waals surface area (Å²) in [4.78, 5) is 53.2. The van der Waals surface area contributed by atoms with Crippen LogP contribution in [0.4, 0.5) is 0 Å². The summed E-state index contributed by atoms with van der Waals surface area (Å²) in [6.07, 6.45) is 21.5. The molecule has 0 saturated carbocycles. The Morgan fingerprint density at radius 3 is 1.66 bits per heavy atom. The number of nitrogens with one attached hydrogen (secondary N) is 1. The molecule has 0 amide bonds. The molecule has 1 aliphatic rings. The number of aliphatic hydroxyl groups excluding tert-OH is 1. The van der Waals surface area contributed by atoms with E-state index < -0.39 is 53.6 Å². The molecule has 10 nitrogen and oxygen atoms in total. The molecule has 1 aromatic heterocycles. The summed E-state index contributed by atoms with van der Waals surface area (Å²) >= 11 is 0. The molecule has 1 aliphatic heterocycles. The molecule has 0 spiro atoms. The number of aromatic amines is 1. The number of rotatable bonds is 28. The highest BCUT2D eigenvalue weighted by molar-refractivity contribution is 5.89. The van der Waals surface area contributed by atoms with Gasteiger partial charge in [0.15, 0.2) is 18.1 Å². The van der Waals surface area contributed by atoms with Crippen LogP contribution in [0.1, 0.15) is 174 Å². The lowest BCUT2D eigenvalue weighted by Gasteiger charge is -2.32. The number of ether oxygens (including phenoxy) is 2. The molecule has 1 aromatic rings. The first-order valence-electron chi connectivity index (χ1n) is 18.8. The number of H-pyrrole nitrogens is 1. The van der Waals surface area contributed by atoms with Crippen molar-refractivity contribution in [2.45, 2.75) is 192 Å². The minimum absolute atomic E-state index is 0.00369. The number of carbonyl (C=O) groups is 2. The Balaban J connectivity index is 1.93. The van der Waals surface area contributed by atoms with E-state index in [-0.39, 0.29) is 12.8 Å². The minimum Gasteiger partial charge on any atom is -0.456 e. The fourth-order valence-corrected chi connectivity index (χ4v) is 6.54. The molecule has 10 heteroatoms. The molecule has 1 saturated heterocycles. The summed E-state index contributed by atoms with van der Waals surface area (Å²) < 4.78 is 12.4. The molecule has 0 radical (unpaired) electrons. The number of unbranched alkanes of at least 4 members (excludes halogenated alkanes) is 20. The molecule has 2 rings (SSSR count). The van der Waals surface area contributed by atoms with Gasteiger partial charge in [-0.3, -0.25) is 23.9 Å². The zero-order valence-corrected chi connectivity index (χ0v) is 29.4. The highest BCUT2D eigenvalue weighted by Gasteiger charge is 2.63. The van der Waals surface area contributed by atoms with Gasteiger partial charge in [0.05, 0.1) is 6.61 Å². The Morgan fingerprint density at radius 2 is 1.21 bits per heavy atom. The number of esters is 1. The van der Waals surface area contributed by atoms with Gasteiger partial charge in [0.2, 0.25) is 5.60 Å². The lowest BCUT2D eigenvalue weighted by Crippen LogP contribution is -2.56. The summed E-state index contributed by atoms with van der Waals surface area (Å²) in [5, 5.41) is 22.1. The Labute approximate surface area is 282 Å². The van der Waals surface area contributed by atoms with Crippen LogP contribution in [0.2, 0.25) is 0 Å². The fraction of sp³-hybridized carbons (Fsp3) is 0.838. The summed E-state index contributed by atoms with van der Waals surface area (Å²) in [6.45, 7) is 3.79. The van der Waals surface area contributed by atoms with Gasteiger partial charge in [-0.25, -0.2) is 4.79 Å². The average Bonchev–Trinajstić information content (AvgIpc) is 3.33. The summed E-state index contributed by atoms with van der Waals surface area (Å²) in [6, 6.07) is 1.08. The zero-order chi connectivity index (χ0) is 34.3. The molecule has 2 heterocycles. The van der Waals surface area contributed by atoms with E-state index in [0.717, 1.165) is 61.8 Å². The van der Waals surface area contributed by atoms with E-state index in [1.54, 1.807) is 0 Å². The van der Waals surface area contributed by atoms with Gasteiger partial charge in [-0.05, 0) is 12.8 Å². The highest BCUT2D eigenvalue weighted by Crippen LogP contribution is 2.41. The van der Waals surface area contributed by atoms with Crippen LogP contribution in [0.25, 0.3) is 0 Å². The van der Waals surface area contributed by atoms with E-state index >= 15 is 0 Å². The van der Waals surface area contributed by atoms with Gasteiger partial charge < -0.3 is 19.7 Å². The minimum atomic E-state index is -2.42. The SMILES string of the molecule is CCCCCCCCCCCCCC(=O)O[C@@H]1[C@@H](CO)O[C@@H](n2ccc(=O)[nH]c2=O)[C@@]1(O)C(=O)CCCCCCCCCCCCC. The number of hydrogen-bond donors (Lipinski definition) is 3. The summed E-state index contributed by atoms with van der Waals surface area (Å²) in [5.74, 6) is -1.22. The van der Waals surface area contributed by atoms with E-state index in [0.29, 0.717) is 12.8 Å². The van der Waals surface area contributed by atoms with Crippen molar-refractivity contribution in [1.29, 1.82) is 0 Å². The summed E-state index contributed by atoms with van der Waals surface area (Å²) in [7, 11) is 0. The van der Waals surface area contributed by atoms with Crippen molar-refractivity contribution in [3.8, 4) is 0 Å². The number of hydrogen-bond acceptors (Lipinski definition) is 8. The molecule has 0 bridgehead atoms. The summed E-state index contributed by atoms with van der Waals surface area (Å²) in [5.41, 5.74) is -3.94. The van der Waals surface area contributed by atoms with Gasteiger partial charge in [-0.1, -0.05) is 142 Å². The molecule has 4 atom stereocenters. The first-order valence-corrected chi connectivity index (χ1v) is 18.8. The van der Waals surface area contributed by atoms with Crippen molar-refractivity contribution in [1.82, 2.24) is 9.55 Å². The van der Waals surface area contributed by atoms with Crippen molar-refractivity contribution in [2.24, 2.45) is 0 Å². The number of aliphatic hydroxyl groups is 2. The molecular weight excluding hydrogens is 600 g/mol. The predicted molar refractivity (Wildman–Crippen MR) is 184 cm³/mol. The Kier molecular flexibility index (Phi) is 20.8. The standard InChI is InChI=1S/C37H64N2O8/c1-3-5-7-9-11-13-15-17-19-21-23-25-31(41)37(45)34(30(29-40)46-35(37)39-28-27-32(42)38-36(39)44)47-33(43)26-24-22-20-18-16-14-12-10-8-6-4-2/h27-28,30,34-35,40,45H,3-26,29H2,1-2H3,(H,38,42,44)/t30-,34-,35-,37-/m1/s1. The van der Waals surface area contributed by atoms with Gasteiger partial charge in [-0.2, -0.15) is 0 Å². The molecule has 0 aromatic carbocycles. The smallest absolute Gasteiger partial charge is 0.330 e. The van der Waals surface area contributed by atoms with E-state index in [2.05, 4.69) is 18.8 Å². The number of Topliss-reactive ketones (excluding diaryl/α,β-unsaturated/α-hetero) is 1. The quantitative estimate of drug-likeness (QED) is 0.0638. The zero-order valence-electron chi connectivity index (χ0n) is 29.4. The third-order valence-electron chi connectivity index (χ3n) is 9.43. The number of aromatic nitrogens is 2. The van der Waals surface area contributed by atoms with Crippen LogP contribution in [0.3, 0.4) is 0 Å². The van der Waals surface area contributed by atoms with Crippen molar-refractivity contribution in [3.63, 3.8) is 0 Å².